The summed E-state index contributed by atoms with van der Waals surface area (Å²) in [7, 11) is 0. The second kappa shape index (κ2) is 6.59. The van der Waals surface area contributed by atoms with E-state index in [1.807, 2.05) is 24.3 Å². The van der Waals surface area contributed by atoms with Gasteiger partial charge in [-0.1, -0.05) is 39.7 Å². The highest BCUT2D eigenvalue weighted by atomic mass is 16.3. The molecule has 25 heavy (non-hydrogen) atoms. The lowest BCUT2D eigenvalue weighted by atomic mass is 9.92. The van der Waals surface area contributed by atoms with Gasteiger partial charge in [0.15, 0.2) is 5.82 Å². The van der Waals surface area contributed by atoms with Crippen LogP contribution in [0.4, 0.5) is 5.82 Å². The van der Waals surface area contributed by atoms with E-state index in [9.17, 15) is 9.90 Å². The molecule has 1 aliphatic carbocycles. The molecule has 2 aromatic rings. The third-order valence-corrected chi connectivity index (χ3v) is 4.64. The summed E-state index contributed by atoms with van der Waals surface area (Å²) >= 11 is 0. The van der Waals surface area contributed by atoms with Crippen molar-refractivity contribution in [3.05, 3.63) is 36.2 Å². The van der Waals surface area contributed by atoms with Gasteiger partial charge in [-0.3, -0.25) is 4.79 Å². The van der Waals surface area contributed by atoms with Gasteiger partial charge in [0, 0.05) is 17.7 Å². The first kappa shape index (κ1) is 17.6. The minimum atomic E-state index is -0.868. The van der Waals surface area contributed by atoms with Crippen LogP contribution in [0.25, 0.3) is 5.82 Å². The second-order valence-electron chi connectivity index (χ2n) is 7.92. The molecule has 3 rings (SSSR count). The van der Waals surface area contributed by atoms with E-state index in [-0.39, 0.29) is 17.7 Å². The van der Waals surface area contributed by atoms with E-state index in [1.54, 1.807) is 10.9 Å². The van der Waals surface area contributed by atoms with Crippen LogP contribution in [0.3, 0.4) is 0 Å². The highest BCUT2D eigenvalue weighted by molar-refractivity contribution is 5.91. The molecule has 6 nitrogen and oxygen atoms in total. The molecule has 0 saturated heterocycles. The van der Waals surface area contributed by atoms with Crippen LogP contribution in [-0.2, 0) is 10.2 Å². The number of aromatic nitrogens is 3. The summed E-state index contributed by atoms with van der Waals surface area (Å²) in [6, 6.07) is 7.45. The second-order valence-corrected chi connectivity index (χ2v) is 7.92. The summed E-state index contributed by atoms with van der Waals surface area (Å²) < 4.78 is 1.65. The molecule has 2 heterocycles. The van der Waals surface area contributed by atoms with Crippen LogP contribution in [0.15, 0.2) is 30.5 Å². The molecule has 1 fully saturated rings. The van der Waals surface area contributed by atoms with E-state index in [0.29, 0.717) is 24.5 Å². The number of amides is 1. The quantitative estimate of drug-likeness (QED) is 0.894. The number of rotatable bonds is 4. The van der Waals surface area contributed by atoms with Gasteiger partial charge < -0.3 is 10.4 Å². The van der Waals surface area contributed by atoms with Gasteiger partial charge in [0.05, 0.1) is 17.7 Å². The van der Waals surface area contributed by atoms with Gasteiger partial charge in [0.25, 0.3) is 0 Å². The van der Waals surface area contributed by atoms with Crippen LogP contribution in [0.5, 0.6) is 0 Å². The SMILES string of the molecule is CC(C)(C)c1cc(NC(=O)CC2(O)CCCC2)n(-c2ccccn2)n1. The fraction of sp³-hybridized carbons (Fsp3) is 0.526. The summed E-state index contributed by atoms with van der Waals surface area (Å²) in [5, 5.41) is 18.0. The predicted molar refractivity (Wildman–Crippen MR) is 96.7 cm³/mol. The zero-order valence-corrected chi connectivity index (χ0v) is 15.1. The van der Waals surface area contributed by atoms with E-state index < -0.39 is 5.60 Å². The molecule has 1 aliphatic rings. The van der Waals surface area contributed by atoms with E-state index in [1.165, 1.54) is 0 Å². The fourth-order valence-corrected chi connectivity index (χ4v) is 3.19. The molecular formula is C19H26N4O2. The molecule has 0 spiro atoms. The van der Waals surface area contributed by atoms with Gasteiger partial charge in [-0.05, 0) is 25.0 Å². The molecule has 0 atom stereocenters. The van der Waals surface area contributed by atoms with Gasteiger partial charge in [-0.25, -0.2) is 4.98 Å². The lowest BCUT2D eigenvalue weighted by Crippen LogP contribution is -2.31. The first-order chi connectivity index (χ1) is 11.8. The first-order valence-corrected chi connectivity index (χ1v) is 8.81. The molecule has 0 radical (unpaired) electrons. The summed E-state index contributed by atoms with van der Waals surface area (Å²) in [4.78, 5) is 16.8. The van der Waals surface area contributed by atoms with Crippen molar-refractivity contribution in [2.45, 2.75) is 63.9 Å². The van der Waals surface area contributed by atoms with Crippen molar-refractivity contribution < 1.29 is 9.90 Å². The van der Waals surface area contributed by atoms with E-state index in [0.717, 1.165) is 18.5 Å². The molecule has 6 heteroatoms. The number of hydrogen-bond donors (Lipinski definition) is 2. The van der Waals surface area contributed by atoms with Crippen LogP contribution < -0.4 is 5.32 Å². The minimum Gasteiger partial charge on any atom is -0.389 e. The Hall–Kier alpha value is -2.21. The molecule has 0 unspecified atom stereocenters. The van der Waals surface area contributed by atoms with E-state index in [4.69, 9.17) is 0 Å². The van der Waals surface area contributed by atoms with Crippen LogP contribution in [-0.4, -0.2) is 31.4 Å². The number of anilines is 1. The summed E-state index contributed by atoms with van der Waals surface area (Å²) in [5.74, 6) is 1.03. The smallest absolute Gasteiger partial charge is 0.228 e. The van der Waals surface area contributed by atoms with Crippen LogP contribution >= 0.6 is 0 Å². The van der Waals surface area contributed by atoms with Gasteiger partial charge in [-0.15, -0.1) is 0 Å². The highest BCUT2D eigenvalue weighted by Gasteiger charge is 2.34. The molecular weight excluding hydrogens is 316 g/mol. The molecule has 1 amide bonds. The summed E-state index contributed by atoms with van der Waals surface area (Å²) in [6.07, 6.45) is 5.14. The Bertz CT molecular complexity index is 741. The van der Waals surface area contributed by atoms with Gasteiger partial charge >= 0.3 is 0 Å². The number of carbonyl (C=O) groups is 1. The largest absolute Gasteiger partial charge is 0.389 e. The number of nitrogens with one attached hydrogen (secondary N) is 1. The zero-order chi connectivity index (χ0) is 18.1. The van der Waals surface area contributed by atoms with Crippen molar-refractivity contribution in [1.29, 1.82) is 0 Å². The lowest BCUT2D eigenvalue weighted by molar-refractivity contribution is -0.120. The number of pyridine rings is 1. The van der Waals surface area contributed by atoms with Crippen molar-refractivity contribution in [3.63, 3.8) is 0 Å². The average Bonchev–Trinajstić information content (AvgIpc) is 3.14. The van der Waals surface area contributed by atoms with Crippen LogP contribution in [0.2, 0.25) is 0 Å². The Morgan fingerprint density at radius 2 is 2.04 bits per heavy atom. The maximum atomic E-state index is 12.5. The molecule has 0 aliphatic heterocycles. The van der Waals surface area contributed by atoms with Crippen molar-refractivity contribution in [3.8, 4) is 5.82 Å². The van der Waals surface area contributed by atoms with Gasteiger partial charge in [0.1, 0.15) is 5.82 Å². The number of aliphatic hydroxyl groups is 1. The van der Waals surface area contributed by atoms with Crippen molar-refractivity contribution in [1.82, 2.24) is 14.8 Å². The Kier molecular flexibility index (Phi) is 4.64. The third kappa shape index (κ3) is 4.07. The van der Waals surface area contributed by atoms with Crippen molar-refractivity contribution in [2.24, 2.45) is 0 Å². The molecule has 0 aromatic carbocycles. The van der Waals surface area contributed by atoms with E-state index in [2.05, 4.69) is 36.2 Å². The lowest BCUT2D eigenvalue weighted by Gasteiger charge is -2.21. The maximum Gasteiger partial charge on any atom is 0.228 e. The molecule has 1 saturated carbocycles. The monoisotopic (exact) mass is 342 g/mol. The Balaban J connectivity index is 1.86. The Morgan fingerprint density at radius 1 is 1.32 bits per heavy atom. The highest BCUT2D eigenvalue weighted by Crippen LogP contribution is 2.33. The van der Waals surface area contributed by atoms with Gasteiger partial charge in [0.2, 0.25) is 5.91 Å². The zero-order valence-electron chi connectivity index (χ0n) is 15.1. The number of carbonyl (C=O) groups excluding carboxylic acids is 1. The Labute approximate surface area is 148 Å². The van der Waals surface area contributed by atoms with Crippen molar-refractivity contribution >= 4 is 11.7 Å². The molecule has 0 bridgehead atoms. The summed E-state index contributed by atoms with van der Waals surface area (Å²) in [5.41, 5.74) is -0.149. The maximum absolute atomic E-state index is 12.5. The van der Waals surface area contributed by atoms with E-state index >= 15 is 0 Å². The predicted octanol–water partition coefficient (Wildman–Crippen LogP) is 3.20. The fourth-order valence-electron chi connectivity index (χ4n) is 3.19. The van der Waals surface area contributed by atoms with Crippen LogP contribution in [0, 0.1) is 0 Å². The summed E-state index contributed by atoms with van der Waals surface area (Å²) in [6.45, 7) is 6.22. The molecule has 2 N–H and O–H groups in total. The first-order valence-electron chi connectivity index (χ1n) is 8.81. The van der Waals surface area contributed by atoms with Gasteiger partial charge in [-0.2, -0.15) is 9.78 Å². The van der Waals surface area contributed by atoms with Crippen molar-refractivity contribution in [2.75, 3.05) is 5.32 Å². The third-order valence-electron chi connectivity index (χ3n) is 4.64. The minimum absolute atomic E-state index is 0.116. The topological polar surface area (TPSA) is 80.0 Å². The number of hydrogen-bond acceptors (Lipinski definition) is 4. The average molecular weight is 342 g/mol. The number of nitrogens with zero attached hydrogens (tertiary/aromatic N) is 3. The normalized spacial score (nSPS) is 16.8. The molecule has 134 valence electrons. The molecule has 2 aromatic heterocycles. The Morgan fingerprint density at radius 3 is 2.64 bits per heavy atom. The van der Waals surface area contributed by atoms with Crippen LogP contribution in [0.1, 0.15) is 58.6 Å². The standard InChI is InChI=1S/C19H26N4O2/c1-18(2,3)14-12-16(23(22-14)15-8-4-7-11-20-15)21-17(24)13-19(25)9-5-6-10-19/h4,7-8,11-12,25H,5-6,9-10,13H2,1-3H3,(H,21,24).